The molecule has 0 bridgehead atoms. The SMILES string of the molecule is O=C1CCN1c1ccccn1. The molecule has 0 atom stereocenters. The molecule has 0 spiro atoms. The number of β-lactam (4-membered cyclic amide) rings is 1. The average Bonchev–Trinajstić information content (AvgIpc) is 2.04. The first kappa shape index (κ1) is 6.34. The molecule has 56 valence electrons. The van der Waals surface area contributed by atoms with E-state index >= 15 is 0 Å². The van der Waals surface area contributed by atoms with E-state index in [1.54, 1.807) is 11.1 Å². The summed E-state index contributed by atoms with van der Waals surface area (Å²) in [6, 6.07) is 5.57. The van der Waals surface area contributed by atoms with Crippen molar-refractivity contribution < 1.29 is 4.79 Å². The van der Waals surface area contributed by atoms with E-state index in [0.717, 1.165) is 12.4 Å². The van der Waals surface area contributed by atoms with E-state index in [2.05, 4.69) is 4.98 Å². The number of hydrogen-bond donors (Lipinski definition) is 0. The third kappa shape index (κ3) is 0.981. The maximum Gasteiger partial charge on any atom is 0.229 e. The summed E-state index contributed by atoms with van der Waals surface area (Å²) in [6.07, 6.45) is 2.36. The molecule has 0 aromatic carbocycles. The van der Waals surface area contributed by atoms with Crippen molar-refractivity contribution in [2.75, 3.05) is 11.4 Å². The van der Waals surface area contributed by atoms with Gasteiger partial charge in [0, 0.05) is 19.2 Å². The van der Waals surface area contributed by atoms with Crippen molar-refractivity contribution in [1.29, 1.82) is 0 Å². The second kappa shape index (κ2) is 2.34. The van der Waals surface area contributed by atoms with Crippen LogP contribution in [0, 0.1) is 0 Å². The Bertz CT molecular complexity index is 271. The topological polar surface area (TPSA) is 33.2 Å². The molecule has 1 aromatic heterocycles. The van der Waals surface area contributed by atoms with Crippen LogP contribution in [-0.4, -0.2) is 17.4 Å². The van der Waals surface area contributed by atoms with Gasteiger partial charge in [0.1, 0.15) is 5.82 Å². The van der Waals surface area contributed by atoms with Crippen molar-refractivity contribution in [3.63, 3.8) is 0 Å². The number of pyridine rings is 1. The zero-order chi connectivity index (χ0) is 7.68. The summed E-state index contributed by atoms with van der Waals surface area (Å²) in [5.41, 5.74) is 0. The summed E-state index contributed by atoms with van der Waals surface area (Å²) in [7, 11) is 0. The summed E-state index contributed by atoms with van der Waals surface area (Å²) in [5, 5.41) is 0. The molecule has 0 saturated carbocycles. The third-order valence-electron chi connectivity index (χ3n) is 1.78. The van der Waals surface area contributed by atoms with Crippen LogP contribution in [-0.2, 0) is 4.79 Å². The van der Waals surface area contributed by atoms with Crippen LogP contribution in [0.2, 0.25) is 0 Å². The van der Waals surface area contributed by atoms with Gasteiger partial charge in [0.2, 0.25) is 5.91 Å². The largest absolute Gasteiger partial charge is 0.296 e. The number of carbonyl (C=O) groups is 1. The van der Waals surface area contributed by atoms with Gasteiger partial charge in [0.15, 0.2) is 0 Å². The molecule has 0 aliphatic carbocycles. The van der Waals surface area contributed by atoms with Gasteiger partial charge < -0.3 is 0 Å². The molecule has 1 aromatic rings. The fourth-order valence-corrected chi connectivity index (χ4v) is 1.07. The van der Waals surface area contributed by atoms with E-state index in [-0.39, 0.29) is 5.91 Å². The predicted octanol–water partition coefficient (Wildman–Crippen LogP) is 0.818. The van der Waals surface area contributed by atoms with E-state index < -0.39 is 0 Å². The molecule has 3 heteroatoms. The molecular weight excluding hydrogens is 140 g/mol. The lowest BCUT2D eigenvalue weighted by atomic mass is 10.2. The second-order valence-corrected chi connectivity index (χ2v) is 2.48. The lowest BCUT2D eigenvalue weighted by Gasteiger charge is -2.29. The molecule has 0 radical (unpaired) electrons. The summed E-state index contributed by atoms with van der Waals surface area (Å²) >= 11 is 0. The minimum Gasteiger partial charge on any atom is -0.296 e. The van der Waals surface area contributed by atoms with Crippen molar-refractivity contribution in [2.45, 2.75) is 6.42 Å². The standard InChI is InChI=1S/C8H8N2O/c11-8-4-6-10(8)7-3-1-2-5-9-7/h1-3,5H,4,6H2. The van der Waals surface area contributed by atoms with Crippen molar-refractivity contribution in [3.8, 4) is 0 Å². The first-order chi connectivity index (χ1) is 5.38. The number of rotatable bonds is 1. The highest BCUT2D eigenvalue weighted by molar-refractivity contribution is 5.98. The van der Waals surface area contributed by atoms with Gasteiger partial charge in [-0.25, -0.2) is 4.98 Å². The van der Waals surface area contributed by atoms with Crippen LogP contribution in [0.3, 0.4) is 0 Å². The number of nitrogens with zero attached hydrogens (tertiary/aromatic N) is 2. The Balaban J connectivity index is 2.23. The Morgan fingerprint density at radius 2 is 2.36 bits per heavy atom. The van der Waals surface area contributed by atoms with Crippen LogP contribution >= 0.6 is 0 Å². The van der Waals surface area contributed by atoms with E-state index in [1.165, 1.54) is 0 Å². The molecule has 11 heavy (non-hydrogen) atoms. The van der Waals surface area contributed by atoms with Crippen molar-refractivity contribution in [3.05, 3.63) is 24.4 Å². The van der Waals surface area contributed by atoms with Crippen LogP contribution in [0.1, 0.15) is 6.42 Å². The first-order valence-corrected chi connectivity index (χ1v) is 3.59. The zero-order valence-corrected chi connectivity index (χ0v) is 6.03. The lowest BCUT2D eigenvalue weighted by molar-refractivity contribution is -0.122. The highest BCUT2D eigenvalue weighted by atomic mass is 16.2. The smallest absolute Gasteiger partial charge is 0.229 e. The fraction of sp³-hybridized carbons (Fsp3) is 0.250. The van der Waals surface area contributed by atoms with E-state index in [9.17, 15) is 4.79 Å². The molecular formula is C8H8N2O. The van der Waals surface area contributed by atoms with Gasteiger partial charge >= 0.3 is 0 Å². The predicted molar refractivity (Wildman–Crippen MR) is 41.2 cm³/mol. The first-order valence-electron chi connectivity index (χ1n) is 3.59. The monoisotopic (exact) mass is 148 g/mol. The van der Waals surface area contributed by atoms with Crippen molar-refractivity contribution >= 4 is 11.7 Å². The summed E-state index contributed by atoms with van der Waals surface area (Å²) < 4.78 is 0. The second-order valence-electron chi connectivity index (χ2n) is 2.48. The molecule has 1 amide bonds. The fourth-order valence-electron chi connectivity index (χ4n) is 1.07. The number of amides is 1. The number of carbonyl (C=O) groups excluding carboxylic acids is 1. The van der Waals surface area contributed by atoms with Gasteiger partial charge in [-0.3, -0.25) is 9.69 Å². The number of aromatic nitrogens is 1. The van der Waals surface area contributed by atoms with Crippen LogP contribution in [0.5, 0.6) is 0 Å². The molecule has 1 fully saturated rings. The maximum atomic E-state index is 10.9. The Morgan fingerprint density at radius 1 is 1.45 bits per heavy atom. The Labute approximate surface area is 64.7 Å². The molecule has 2 heterocycles. The van der Waals surface area contributed by atoms with E-state index in [4.69, 9.17) is 0 Å². The molecule has 1 aliphatic heterocycles. The summed E-state index contributed by atoms with van der Waals surface area (Å²) in [4.78, 5) is 16.7. The van der Waals surface area contributed by atoms with Gasteiger partial charge in [-0.15, -0.1) is 0 Å². The average molecular weight is 148 g/mol. The maximum absolute atomic E-state index is 10.9. The van der Waals surface area contributed by atoms with Gasteiger partial charge in [-0.1, -0.05) is 6.07 Å². The van der Waals surface area contributed by atoms with Crippen molar-refractivity contribution in [1.82, 2.24) is 4.98 Å². The number of anilines is 1. The van der Waals surface area contributed by atoms with E-state index in [0.29, 0.717) is 6.42 Å². The summed E-state index contributed by atoms with van der Waals surface area (Å²) in [5.74, 6) is 0.937. The molecule has 1 aliphatic rings. The van der Waals surface area contributed by atoms with E-state index in [1.807, 2.05) is 18.2 Å². The minimum atomic E-state index is 0.170. The van der Waals surface area contributed by atoms with Gasteiger partial charge in [0.05, 0.1) is 0 Å². The highest BCUT2D eigenvalue weighted by Crippen LogP contribution is 2.17. The van der Waals surface area contributed by atoms with Crippen LogP contribution in [0.25, 0.3) is 0 Å². The summed E-state index contributed by atoms with van der Waals surface area (Å²) in [6.45, 7) is 0.815. The molecule has 3 nitrogen and oxygen atoms in total. The lowest BCUT2D eigenvalue weighted by Crippen LogP contribution is -2.43. The Hall–Kier alpha value is -1.38. The van der Waals surface area contributed by atoms with Gasteiger partial charge in [-0.2, -0.15) is 0 Å². The van der Waals surface area contributed by atoms with Crippen LogP contribution in [0.15, 0.2) is 24.4 Å². The number of hydrogen-bond acceptors (Lipinski definition) is 2. The highest BCUT2D eigenvalue weighted by Gasteiger charge is 2.25. The van der Waals surface area contributed by atoms with Crippen LogP contribution < -0.4 is 4.90 Å². The van der Waals surface area contributed by atoms with Crippen molar-refractivity contribution in [2.24, 2.45) is 0 Å². The Morgan fingerprint density at radius 3 is 2.82 bits per heavy atom. The molecule has 0 N–H and O–H groups in total. The van der Waals surface area contributed by atoms with Crippen LogP contribution in [0.4, 0.5) is 5.82 Å². The van der Waals surface area contributed by atoms with Gasteiger partial charge in [-0.05, 0) is 12.1 Å². The molecule has 0 unspecified atom stereocenters. The Kier molecular flexibility index (Phi) is 1.35. The normalized spacial score (nSPS) is 16.4. The molecule has 1 saturated heterocycles. The third-order valence-corrected chi connectivity index (χ3v) is 1.78. The minimum absolute atomic E-state index is 0.170. The molecule has 2 rings (SSSR count). The quantitative estimate of drug-likeness (QED) is 0.552. The van der Waals surface area contributed by atoms with Gasteiger partial charge in [0.25, 0.3) is 0 Å². The zero-order valence-electron chi connectivity index (χ0n) is 6.03.